The van der Waals surface area contributed by atoms with Crippen LogP contribution in [0.2, 0.25) is 5.02 Å². The van der Waals surface area contributed by atoms with Crippen LogP contribution in [0.1, 0.15) is 10.4 Å². The minimum Gasteiger partial charge on any atom is -0.505 e. The summed E-state index contributed by atoms with van der Waals surface area (Å²) in [5.74, 6) is -2.20. The van der Waals surface area contributed by atoms with Gasteiger partial charge in [0.2, 0.25) is 0 Å². The van der Waals surface area contributed by atoms with Crippen molar-refractivity contribution in [1.29, 1.82) is 0 Å². The smallest absolute Gasteiger partial charge is 0.339 e. The Hall–Kier alpha value is -0.980. The van der Waals surface area contributed by atoms with Crippen molar-refractivity contribution in [3.8, 4) is 5.75 Å². The summed E-state index contributed by atoms with van der Waals surface area (Å²) in [5.41, 5.74) is -0.623. The molecule has 0 amide bonds. The van der Waals surface area contributed by atoms with Crippen LogP contribution in [0.4, 0.5) is 0 Å². The number of phenols is 1. The second kappa shape index (κ2) is 3.88. The molecule has 0 heterocycles. The molecule has 0 aromatic heterocycles. The highest BCUT2D eigenvalue weighted by molar-refractivity contribution is 8.13. The van der Waals surface area contributed by atoms with Crippen molar-refractivity contribution in [2.45, 2.75) is 4.90 Å². The van der Waals surface area contributed by atoms with E-state index in [1.165, 1.54) is 0 Å². The van der Waals surface area contributed by atoms with Gasteiger partial charge in [0.1, 0.15) is 11.3 Å². The van der Waals surface area contributed by atoms with Gasteiger partial charge in [0, 0.05) is 10.7 Å². The zero-order chi connectivity index (χ0) is 11.8. The summed E-state index contributed by atoms with van der Waals surface area (Å²) in [4.78, 5) is 10.1. The molecule has 0 radical (unpaired) electrons. The van der Waals surface area contributed by atoms with Gasteiger partial charge in [0.15, 0.2) is 0 Å². The lowest BCUT2D eigenvalue weighted by Crippen LogP contribution is -2.00. The van der Waals surface area contributed by atoms with Crippen LogP contribution >= 0.6 is 22.3 Å². The largest absolute Gasteiger partial charge is 0.505 e. The third-order valence-electron chi connectivity index (χ3n) is 1.55. The number of carboxylic acid groups (broad SMARTS) is 1. The monoisotopic (exact) mass is 270 g/mol. The van der Waals surface area contributed by atoms with Gasteiger partial charge in [0.25, 0.3) is 9.05 Å². The lowest BCUT2D eigenvalue weighted by atomic mass is 10.2. The molecule has 0 unspecified atom stereocenters. The van der Waals surface area contributed by atoms with E-state index in [9.17, 15) is 18.3 Å². The quantitative estimate of drug-likeness (QED) is 0.798. The molecule has 1 rings (SSSR count). The van der Waals surface area contributed by atoms with Crippen molar-refractivity contribution in [3.63, 3.8) is 0 Å². The number of carboxylic acids is 1. The fraction of sp³-hybridized carbons (Fsp3) is 0. The van der Waals surface area contributed by atoms with E-state index in [2.05, 4.69) is 0 Å². The summed E-state index contributed by atoms with van der Waals surface area (Å²) in [7, 11) is 0.914. The highest BCUT2D eigenvalue weighted by atomic mass is 35.7. The van der Waals surface area contributed by atoms with E-state index < -0.39 is 36.3 Å². The molecule has 1 aromatic rings. The van der Waals surface area contributed by atoms with Crippen molar-refractivity contribution >= 4 is 37.3 Å². The van der Waals surface area contributed by atoms with Gasteiger partial charge in [-0.15, -0.1) is 0 Å². The predicted molar refractivity (Wildman–Crippen MR) is 53.1 cm³/mol. The summed E-state index contributed by atoms with van der Waals surface area (Å²) in [6.07, 6.45) is 0. The van der Waals surface area contributed by atoms with Crippen molar-refractivity contribution in [1.82, 2.24) is 0 Å². The molecule has 15 heavy (non-hydrogen) atoms. The van der Waals surface area contributed by atoms with Gasteiger partial charge in [-0.2, -0.15) is 0 Å². The minimum absolute atomic E-state index is 0.394. The van der Waals surface area contributed by atoms with Crippen LogP contribution in [-0.4, -0.2) is 24.6 Å². The van der Waals surface area contributed by atoms with E-state index in [4.69, 9.17) is 27.4 Å². The lowest BCUT2D eigenvalue weighted by molar-refractivity contribution is 0.0693. The van der Waals surface area contributed by atoms with E-state index >= 15 is 0 Å². The topological polar surface area (TPSA) is 91.7 Å². The molecule has 2 N–H and O–H groups in total. The Morgan fingerprint density at radius 1 is 1.33 bits per heavy atom. The third kappa shape index (κ3) is 2.53. The Kier molecular flexibility index (Phi) is 3.13. The first-order valence-corrected chi connectivity index (χ1v) is 6.12. The number of carbonyl (C=O) groups is 1. The zero-order valence-electron chi connectivity index (χ0n) is 6.94. The van der Waals surface area contributed by atoms with E-state index in [1.54, 1.807) is 0 Å². The van der Waals surface area contributed by atoms with Crippen LogP contribution in [-0.2, 0) is 9.05 Å². The van der Waals surface area contributed by atoms with E-state index in [0.29, 0.717) is 0 Å². The maximum atomic E-state index is 10.9. The molecule has 0 aliphatic heterocycles. The van der Waals surface area contributed by atoms with Gasteiger partial charge < -0.3 is 10.2 Å². The number of rotatable bonds is 2. The van der Waals surface area contributed by atoms with Crippen LogP contribution in [0.5, 0.6) is 5.75 Å². The highest BCUT2D eigenvalue weighted by Crippen LogP contribution is 2.31. The molecule has 0 bridgehead atoms. The maximum absolute atomic E-state index is 10.9. The molecule has 0 spiro atoms. The molecule has 8 heteroatoms. The number of hydrogen-bond acceptors (Lipinski definition) is 4. The van der Waals surface area contributed by atoms with Gasteiger partial charge in [-0.05, 0) is 12.1 Å². The molecular weight excluding hydrogens is 267 g/mol. The third-order valence-corrected chi connectivity index (χ3v) is 3.17. The molecule has 1 aromatic carbocycles. The fourth-order valence-corrected chi connectivity index (χ4v) is 1.95. The summed E-state index contributed by atoms with van der Waals surface area (Å²) in [6, 6.07) is 1.59. The molecule has 0 aliphatic carbocycles. The first-order valence-electron chi connectivity index (χ1n) is 3.44. The Bertz CT molecular complexity index is 522. The van der Waals surface area contributed by atoms with Crippen LogP contribution in [0.15, 0.2) is 17.0 Å². The highest BCUT2D eigenvalue weighted by Gasteiger charge is 2.19. The van der Waals surface area contributed by atoms with Crippen LogP contribution in [0, 0.1) is 0 Å². The van der Waals surface area contributed by atoms with Gasteiger partial charge in [-0.25, -0.2) is 13.2 Å². The Balaban J connectivity index is 3.57. The number of benzene rings is 1. The number of aromatic hydroxyl groups is 1. The van der Waals surface area contributed by atoms with Crippen LogP contribution in [0.25, 0.3) is 0 Å². The summed E-state index contributed by atoms with van der Waals surface area (Å²) in [5, 5.41) is 17.4. The van der Waals surface area contributed by atoms with Crippen molar-refractivity contribution in [2.75, 3.05) is 0 Å². The van der Waals surface area contributed by atoms with Crippen molar-refractivity contribution in [3.05, 3.63) is 22.7 Å². The molecular formula is C7H4Cl2O5S. The van der Waals surface area contributed by atoms with Gasteiger partial charge in [-0.1, -0.05) is 11.6 Å². The molecule has 0 saturated heterocycles. The normalized spacial score (nSPS) is 11.3. The van der Waals surface area contributed by atoms with Crippen LogP contribution in [0.3, 0.4) is 0 Å². The van der Waals surface area contributed by atoms with E-state index in [-0.39, 0.29) is 0 Å². The molecule has 0 aliphatic rings. The molecule has 0 fully saturated rings. The summed E-state index contributed by atoms with van der Waals surface area (Å²) in [6.45, 7) is 0. The number of halogens is 2. The number of hydrogen-bond donors (Lipinski definition) is 2. The maximum Gasteiger partial charge on any atom is 0.339 e. The zero-order valence-corrected chi connectivity index (χ0v) is 9.27. The minimum atomic E-state index is -4.08. The predicted octanol–water partition coefficient (Wildman–Crippen LogP) is 1.67. The molecule has 5 nitrogen and oxygen atoms in total. The van der Waals surface area contributed by atoms with Gasteiger partial charge in [0.05, 0.1) is 9.92 Å². The average Bonchev–Trinajstić information content (AvgIpc) is 2.06. The van der Waals surface area contributed by atoms with Crippen LogP contribution < -0.4 is 0 Å². The molecule has 0 saturated carbocycles. The number of aromatic carboxylic acids is 1. The van der Waals surface area contributed by atoms with Gasteiger partial charge >= 0.3 is 5.97 Å². The first-order chi connectivity index (χ1) is 6.73. The Labute approximate surface area is 94.3 Å². The summed E-state index contributed by atoms with van der Waals surface area (Å²) < 4.78 is 21.8. The SMILES string of the molecule is O=C(O)c1cc(S(=O)(=O)Cl)cc(Cl)c1O. The van der Waals surface area contributed by atoms with E-state index in [1.807, 2.05) is 0 Å². The standard InChI is InChI=1S/C7H4Cl2O5S/c8-5-2-3(15(9,13)14)1-4(6(5)10)7(11)12/h1-2,10H,(H,11,12). The Morgan fingerprint density at radius 2 is 1.87 bits per heavy atom. The van der Waals surface area contributed by atoms with Crippen molar-refractivity contribution < 1.29 is 23.4 Å². The second-order valence-corrected chi connectivity index (χ2v) is 5.52. The van der Waals surface area contributed by atoms with Crippen molar-refractivity contribution in [2.24, 2.45) is 0 Å². The molecule has 0 atom stereocenters. The van der Waals surface area contributed by atoms with Gasteiger partial charge in [-0.3, -0.25) is 0 Å². The average molecular weight is 271 g/mol. The Morgan fingerprint density at radius 3 is 2.27 bits per heavy atom. The second-order valence-electron chi connectivity index (χ2n) is 2.54. The molecule has 82 valence electrons. The first kappa shape index (κ1) is 12.1. The summed E-state index contributed by atoms with van der Waals surface area (Å²) >= 11 is 5.43. The lowest BCUT2D eigenvalue weighted by Gasteiger charge is -2.04. The fourth-order valence-electron chi connectivity index (χ4n) is 0.878. The van der Waals surface area contributed by atoms with E-state index in [0.717, 1.165) is 12.1 Å².